The number of rotatable bonds is 4. The lowest BCUT2D eigenvalue weighted by atomic mass is 10.2. The Morgan fingerprint density at radius 1 is 1.39 bits per heavy atom. The molecule has 0 saturated carbocycles. The van der Waals surface area contributed by atoms with E-state index in [4.69, 9.17) is 28.3 Å². The highest BCUT2D eigenvalue weighted by molar-refractivity contribution is 6.33. The van der Waals surface area contributed by atoms with E-state index in [1.54, 1.807) is 0 Å². The highest BCUT2D eigenvalue weighted by Gasteiger charge is 2.10. The van der Waals surface area contributed by atoms with Gasteiger partial charge >= 0.3 is 12.0 Å². The number of amides is 2. The summed E-state index contributed by atoms with van der Waals surface area (Å²) in [5.41, 5.74) is 0.347. The Morgan fingerprint density at radius 2 is 2.06 bits per heavy atom. The molecule has 0 aliphatic heterocycles. The molecular formula is C11H10Cl2N2O3. The molecule has 0 aliphatic rings. The number of carbonyl (C=O) groups is 2. The molecule has 3 N–H and O–H groups in total. The molecule has 7 heteroatoms. The number of carbonyl (C=O) groups excluding carboxylic acids is 1. The van der Waals surface area contributed by atoms with Gasteiger partial charge in [-0.3, -0.25) is 0 Å². The predicted molar refractivity (Wildman–Crippen MR) is 70.4 cm³/mol. The lowest BCUT2D eigenvalue weighted by molar-refractivity contribution is 0.0697. The molecule has 96 valence electrons. The summed E-state index contributed by atoms with van der Waals surface area (Å²) < 4.78 is 0. The van der Waals surface area contributed by atoms with Gasteiger partial charge in [-0.15, -0.1) is 0 Å². The first-order chi connectivity index (χ1) is 8.40. The van der Waals surface area contributed by atoms with E-state index in [1.165, 1.54) is 18.2 Å². The third-order valence-corrected chi connectivity index (χ3v) is 2.34. The van der Waals surface area contributed by atoms with Crippen molar-refractivity contribution in [3.8, 4) is 0 Å². The second kappa shape index (κ2) is 6.28. The highest BCUT2D eigenvalue weighted by Crippen LogP contribution is 2.20. The molecule has 2 amide bonds. The van der Waals surface area contributed by atoms with Crippen molar-refractivity contribution in [3.63, 3.8) is 0 Å². The van der Waals surface area contributed by atoms with E-state index >= 15 is 0 Å². The fourth-order valence-corrected chi connectivity index (χ4v) is 1.45. The first-order valence-corrected chi connectivity index (χ1v) is 5.56. The standard InChI is InChI=1S/C11H10Cl2N2O3/c1-6(12)5-14-11(18)15-7-2-3-8(10(16)17)9(13)4-7/h2-4H,1,5H2,(H,16,17)(H2,14,15,18). The fraction of sp³-hybridized carbons (Fsp3) is 0.0909. The van der Waals surface area contributed by atoms with Crippen LogP contribution < -0.4 is 10.6 Å². The third kappa shape index (κ3) is 4.27. The molecule has 0 heterocycles. The van der Waals surface area contributed by atoms with Crippen molar-refractivity contribution in [2.75, 3.05) is 11.9 Å². The molecule has 0 saturated heterocycles. The van der Waals surface area contributed by atoms with Gasteiger partial charge in [0.05, 0.1) is 17.1 Å². The molecule has 1 aromatic rings. The molecule has 5 nitrogen and oxygen atoms in total. The molecule has 0 aliphatic carbocycles. The number of anilines is 1. The summed E-state index contributed by atoms with van der Waals surface area (Å²) in [6.45, 7) is 3.55. The first-order valence-electron chi connectivity index (χ1n) is 4.81. The molecule has 0 fully saturated rings. The van der Waals surface area contributed by atoms with Crippen molar-refractivity contribution in [1.29, 1.82) is 0 Å². The molecular weight excluding hydrogens is 279 g/mol. The van der Waals surface area contributed by atoms with Crippen LogP contribution in [0.1, 0.15) is 10.4 Å². The normalized spacial score (nSPS) is 9.67. The average Bonchev–Trinajstić information content (AvgIpc) is 2.26. The number of urea groups is 1. The maximum Gasteiger partial charge on any atom is 0.337 e. The van der Waals surface area contributed by atoms with E-state index < -0.39 is 12.0 Å². The van der Waals surface area contributed by atoms with Gasteiger partial charge in [0.2, 0.25) is 0 Å². The van der Waals surface area contributed by atoms with E-state index in [2.05, 4.69) is 17.2 Å². The minimum absolute atomic E-state index is 0.0308. The second-order valence-corrected chi connectivity index (χ2v) is 4.27. The number of aromatic carboxylic acids is 1. The molecule has 0 aromatic heterocycles. The van der Waals surface area contributed by atoms with Gasteiger partial charge in [0.25, 0.3) is 0 Å². The summed E-state index contributed by atoms with van der Waals surface area (Å²) in [6.07, 6.45) is 0. The van der Waals surface area contributed by atoms with Gasteiger partial charge in [-0.25, -0.2) is 9.59 Å². The molecule has 1 rings (SSSR count). The van der Waals surface area contributed by atoms with Gasteiger partial charge in [-0.2, -0.15) is 0 Å². The van der Waals surface area contributed by atoms with Crippen LogP contribution >= 0.6 is 23.2 Å². The van der Waals surface area contributed by atoms with Crippen molar-refractivity contribution >= 4 is 40.9 Å². The van der Waals surface area contributed by atoms with Crippen molar-refractivity contribution < 1.29 is 14.7 Å². The SMILES string of the molecule is C=C(Cl)CNC(=O)Nc1ccc(C(=O)O)c(Cl)c1. The van der Waals surface area contributed by atoms with Crippen LogP contribution in [-0.2, 0) is 0 Å². The largest absolute Gasteiger partial charge is 0.478 e. The van der Waals surface area contributed by atoms with Crippen molar-refractivity contribution in [3.05, 3.63) is 40.4 Å². The van der Waals surface area contributed by atoms with Crippen LogP contribution in [-0.4, -0.2) is 23.7 Å². The number of halogens is 2. The Balaban J connectivity index is 2.69. The molecule has 0 atom stereocenters. The van der Waals surface area contributed by atoms with E-state index in [1.807, 2.05) is 0 Å². The Hall–Kier alpha value is -1.72. The quantitative estimate of drug-likeness (QED) is 0.797. The molecule has 18 heavy (non-hydrogen) atoms. The van der Waals surface area contributed by atoms with Gasteiger partial charge in [0.1, 0.15) is 0 Å². The Kier molecular flexibility index (Phi) is 5.00. The summed E-state index contributed by atoms with van der Waals surface area (Å²) in [6, 6.07) is 3.60. The number of benzene rings is 1. The molecule has 0 radical (unpaired) electrons. The van der Waals surface area contributed by atoms with Crippen LogP contribution in [0.15, 0.2) is 29.8 Å². The predicted octanol–water partition coefficient (Wildman–Crippen LogP) is 2.91. The number of nitrogens with one attached hydrogen (secondary N) is 2. The lowest BCUT2D eigenvalue weighted by Gasteiger charge is -2.08. The zero-order valence-corrected chi connectivity index (χ0v) is 10.7. The molecule has 1 aromatic carbocycles. The third-order valence-electron chi connectivity index (χ3n) is 1.90. The number of carboxylic acids is 1. The molecule has 0 unspecified atom stereocenters. The fourth-order valence-electron chi connectivity index (χ4n) is 1.12. The van der Waals surface area contributed by atoms with Crippen LogP contribution in [0.3, 0.4) is 0 Å². The molecule has 0 spiro atoms. The summed E-state index contributed by atoms with van der Waals surface area (Å²) in [7, 11) is 0. The van der Waals surface area contributed by atoms with Crippen molar-refractivity contribution in [2.24, 2.45) is 0 Å². The maximum atomic E-state index is 11.4. The van der Waals surface area contributed by atoms with Crippen molar-refractivity contribution in [1.82, 2.24) is 5.32 Å². The Labute approximate surface area is 113 Å². The van der Waals surface area contributed by atoms with Crippen LogP contribution in [0.2, 0.25) is 5.02 Å². The number of hydrogen-bond acceptors (Lipinski definition) is 2. The minimum Gasteiger partial charge on any atom is -0.478 e. The molecule has 0 bridgehead atoms. The minimum atomic E-state index is -1.13. The van der Waals surface area contributed by atoms with Gasteiger partial charge in [-0.05, 0) is 18.2 Å². The second-order valence-electron chi connectivity index (χ2n) is 3.32. The summed E-state index contributed by atoms with van der Waals surface area (Å²) in [5, 5.41) is 14.0. The van der Waals surface area contributed by atoms with E-state index in [9.17, 15) is 9.59 Å². The van der Waals surface area contributed by atoms with Crippen LogP contribution in [0, 0.1) is 0 Å². The zero-order chi connectivity index (χ0) is 13.7. The number of hydrogen-bond donors (Lipinski definition) is 3. The zero-order valence-electron chi connectivity index (χ0n) is 9.17. The summed E-state index contributed by atoms with van der Waals surface area (Å²) >= 11 is 11.2. The monoisotopic (exact) mass is 288 g/mol. The Bertz CT molecular complexity index is 503. The lowest BCUT2D eigenvalue weighted by Crippen LogP contribution is -2.29. The highest BCUT2D eigenvalue weighted by atomic mass is 35.5. The summed E-state index contributed by atoms with van der Waals surface area (Å²) in [4.78, 5) is 22.1. The van der Waals surface area contributed by atoms with Gasteiger partial charge < -0.3 is 15.7 Å². The Morgan fingerprint density at radius 3 is 2.56 bits per heavy atom. The van der Waals surface area contributed by atoms with Crippen LogP contribution in [0.4, 0.5) is 10.5 Å². The topological polar surface area (TPSA) is 78.4 Å². The van der Waals surface area contributed by atoms with E-state index in [0.717, 1.165) is 0 Å². The van der Waals surface area contributed by atoms with Gasteiger partial charge in [0, 0.05) is 10.7 Å². The maximum absolute atomic E-state index is 11.4. The average molecular weight is 289 g/mol. The summed E-state index contributed by atoms with van der Waals surface area (Å²) in [5.74, 6) is -1.13. The van der Waals surface area contributed by atoms with Gasteiger partial charge in [-0.1, -0.05) is 29.8 Å². The van der Waals surface area contributed by atoms with Gasteiger partial charge in [0.15, 0.2) is 0 Å². The smallest absolute Gasteiger partial charge is 0.337 e. The van der Waals surface area contributed by atoms with Crippen molar-refractivity contribution in [2.45, 2.75) is 0 Å². The first kappa shape index (κ1) is 14.3. The van der Waals surface area contributed by atoms with Crippen LogP contribution in [0.5, 0.6) is 0 Å². The number of carboxylic acid groups (broad SMARTS) is 1. The van der Waals surface area contributed by atoms with E-state index in [-0.39, 0.29) is 17.1 Å². The van der Waals surface area contributed by atoms with E-state index in [0.29, 0.717) is 10.7 Å². The van der Waals surface area contributed by atoms with Crippen LogP contribution in [0.25, 0.3) is 0 Å².